The van der Waals surface area contributed by atoms with Crippen molar-refractivity contribution in [2.45, 2.75) is 31.8 Å². The van der Waals surface area contributed by atoms with Gasteiger partial charge in [-0.1, -0.05) is 0 Å². The molecule has 0 saturated heterocycles. The van der Waals surface area contributed by atoms with Crippen LogP contribution < -0.4 is 10.0 Å². The van der Waals surface area contributed by atoms with Gasteiger partial charge in [-0.2, -0.15) is 0 Å². The van der Waals surface area contributed by atoms with Gasteiger partial charge in [-0.3, -0.25) is 4.57 Å². The fourth-order valence-corrected chi connectivity index (χ4v) is 3.35. The maximum atomic E-state index is 12.3. The second-order valence-electron chi connectivity index (χ2n) is 6.18. The second-order valence-corrected chi connectivity index (χ2v) is 7.90. The Bertz CT molecular complexity index is 1010. The molecule has 0 aliphatic heterocycles. The van der Waals surface area contributed by atoms with Crippen molar-refractivity contribution in [2.75, 3.05) is 18.4 Å². The molecule has 0 aliphatic rings. The van der Waals surface area contributed by atoms with E-state index in [2.05, 4.69) is 30.0 Å². The third-order valence-electron chi connectivity index (χ3n) is 3.90. The molecule has 3 heterocycles. The zero-order chi connectivity index (χ0) is 19.4. The third kappa shape index (κ3) is 4.49. The van der Waals surface area contributed by atoms with E-state index in [0.717, 1.165) is 5.82 Å². The van der Waals surface area contributed by atoms with Crippen LogP contribution in [0, 0.1) is 6.92 Å². The molecule has 2 N–H and O–H groups in total. The van der Waals surface area contributed by atoms with Crippen molar-refractivity contribution in [2.24, 2.45) is 0 Å². The lowest BCUT2D eigenvalue weighted by molar-refractivity contribution is 0.577. The molecule has 3 rings (SSSR count). The second kappa shape index (κ2) is 7.84. The summed E-state index contributed by atoms with van der Waals surface area (Å²) in [6.07, 6.45) is 7.98. The highest BCUT2D eigenvalue weighted by Crippen LogP contribution is 2.11. The van der Waals surface area contributed by atoms with Gasteiger partial charge in [-0.15, -0.1) is 0 Å². The molecule has 0 fully saturated rings. The summed E-state index contributed by atoms with van der Waals surface area (Å²) >= 11 is 0. The number of hydrogen-bond donors (Lipinski definition) is 2. The van der Waals surface area contributed by atoms with Crippen LogP contribution in [0.5, 0.6) is 0 Å². The van der Waals surface area contributed by atoms with Gasteiger partial charge >= 0.3 is 0 Å². The molecule has 0 aromatic carbocycles. The van der Waals surface area contributed by atoms with Gasteiger partial charge in [0, 0.05) is 43.8 Å². The fraction of sp³-hybridized carbons (Fsp3) is 0.375. The van der Waals surface area contributed by atoms with Crippen molar-refractivity contribution < 1.29 is 8.42 Å². The van der Waals surface area contributed by atoms with Crippen LogP contribution in [0.2, 0.25) is 0 Å². The SMILES string of the molecule is Cc1nccn1-c1cc(NCCNS(=O)(=O)c2cn(C(C)C)cn2)ncn1. The summed E-state index contributed by atoms with van der Waals surface area (Å²) in [4.78, 5) is 16.5. The van der Waals surface area contributed by atoms with E-state index in [1.54, 1.807) is 16.8 Å². The zero-order valence-corrected chi connectivity index (χ0v) is 16.2. The minimum absolute atomic E-state index is 0.0103. The summed E-state index contributed by atoms with van der Waals surface area (Å²) in [7, 11) is -3.64. The molecule has 11 heteroatoms. The van der Waals surface area contributed by atoms with Gasteiger partial charge < -0.3 is 9.88 Å². The van der Waals surface area contributed by atoms with E-state index < -0.39 is 10.0 Å². The van der Waals surface area contributed by atoms with Gasteiger partial charge in [0.1, 0.15) is 23.8 Å². The largest absolute Gasteiger partial charge is 0.369 e. The Kier molecular flexibility index (Phi) is 5.51. The van der Waals surface area contributed by atoms with Gasteiger partial charge in [-0.25, -0.2) is 33.1 Å². The molecule has 3 aromatic heterocycles. The minimum Gasteiger partial charge on any atom is -0.369 e. The number of nitrogens with zero attached hydrogens (tertiary/aromatic N) is 6. The number of hydrogen-bond acceptors (Lipinski definition) is 7. The summed E-state index contributed by atoms with van der Waals surface area (Å²) in [5.41, 5.74) is 0. The monoisotopic (exact) mass is 390 g/mol. The van der Waals surface area contributed by atoms with Crippen molar-refractivity contribution >= 4 is 15.8 Å². The molecule has 0 amide bonds. The Balaban J connectivity index is 1.56. The highest BCUT2D eigenvalue weighted by atomic mass is 32.2. The molecule has 0 atom stereocenters. The number of sulfonamides is 1. The zero-order valence-electron chi connectivity index (χ0n) is 15.4. The molecule has 0 spiro atoms. The van der Waals surface area contributed by atoms with Crippen LogP contribution in [0.25, 0.3) is 5.82 Å². The Morgan fingerprint density at radius 1 is 1.15 bits per heavy atom. The average Bonchev–Trinajstić information content (AvgIpc) is 3.28. The minimum atomic E-state index is -3.64. The van der Waals surface area contributed by atoms with Crippen LogP contribution in [0.4, 0.5) is 5.82 Å². The van der Waals surface area contributed by atoms with Crippen LogP contribution in [0.3, 0.4) is 0 Å². The first kappa shape index (κ1) is 19.0. The van der Waals surface area contributed by atoms with Crippen molar-refractivity contribution in [1.29, 1.82) is 0 Å². The lowest BCUT2D eigenvalue weighted by Crippen LogP contribution is -2.29. The highest BCUT2D eigenvalue weighted by molar-refractivity contribution is 7.89. The number of rotatable bonds is 8. The number of aromatic nitrogens is 6. The van der Waals surface area contributed by atoms with Crippen LogP contribution in [0.15, 0.2) is 42.3 Å². The summed E-state index contributed by atoms with van der Waals surface area (Å²) in [6.45, 7) is 6.35. The number of imidazole rings is 2. The van der Waals surface area contributed by atoms with E-state index in [9.17, 15) is 8.42 Å². The van der Waals surface area contributed by atoms with Crippen LogP contribution in [-0.2, 0) is 10.0 Å². The van der Waals surface area contributed by atoms with Crippen LogP contribution in [-0.4, -0.2) is 50.6 Å². The van der Waals surface area contributed by atoms with Crippen LogP contribution >= 0.6 is 0 Å². The standard InChI is InChI=1S/C16H22N8O2S/c1-12(2)23-9-16(21-11-23)27(25,26)22-5-4-18-14-8-15(20-10-19-14)24-7-6-17-13(24)3/h6-12,22H,4-5H2,1-3H3,(H,18,19,20). The van der Waals surface area contributed by atoms with E-state index >= 15 is 0 Å². The number of aryl methyl sites for hydroxylation is 1. The summed E-state index contributed by atoms with van der Waals surface area (Å²) in [5.74, 6) is 2.09. The molecule has 10 nitrogen and oxygen atoms in total. The maximum Gasteiger partial charge on any atom is 0.259 e. The summed E-state index contributed by atoms with van der Waals surface area (Å²) in [5, 5.41) is 3.09. The Labute approximate surface area is 157 Å². The quantitative estimate of drug-likeness (QED) is 0.553. The first-order valence-corrected chi connectivity index (χ1v) is 9.94. The molecule has 0 saturated carbocycles. The molecule has 3 aromatic rings. The highest BCUT2D eigenvalue weighted by Gasteiger charge is 2.17. The molecule has 0 bridgehead atoms. The summed E-state index contributed by atoms with van der Waals surface area (Å²) in [6, 6.07) is 1.92. The Hall–Kier alpha value is -2.79. The van der Waals surface area contributed by atoms with Crippen LogP contribution in [0.1, 0.15) is 25.7 Å². The third-order valence-corrected chi connectivity index (χ3v) is 5.24. The van der Waals surface area contributed by atoms with E-state index in [1.807, 2.05) is 31.5 Å². The van der Waals surface area contributed by atoms with Crippen molar-refractivity contribution in [3.63, 3.8) is 0 Å². The molecule has 0 radical (unpaired) electrons. The van der Waals surface area contributed by atoms with Gasteiger partial charge in [0.2, 0.25) is 0 Å². The predicted molar refractivity (Wildman–Crippen MR) is 100 cm³/mol. The molecule has 0 unspecified atom stereocenters. The Morgan fingerprint density at radius 3 is 2.63 bits per heavy atom. The summed E-state index contributed by atoms with van der Waals surface area (Å²) < 4.78 is 30.7. The Morgan fingerprint density at radius 2 is 1.96 bits per heavy atom. The van der Waals surface area contributed by atoms with Gasteiger partial charge in [0.15, 0.2) is 5.03 Å². The fourth-order valence-electron chi connectivity index (χ4n) is 2.38. The lowest BCUT2D eigenvalue weighted by Gasteiger charge is -2.09. The normalized spacial score (nSPS) is 11.9. The van der Waals surface area contributed by atoms with E-state index in [1.165, 1.54) is 18.9 Å². The van der Waals surface area contributed by atoms with E-state index in [4.69, 9.17) is 0 Å². The van der Waals surface area contributed by atoms with Crippen molar-refractivity contribution in [3.8, 4) is 5.82 Å². The van der Waals surface area contributed by atoms with Gasteiger partial charge in [0.25, 0.3) is 10.0 Å². The van der Waals surface area contributed by atoms with E-state index in [0.29, 0.717) is 18.2 Å². The van der Waals surface area contributed by atoms with Gasteiger partial charge in [0.05, 0.1) is 6.33 Å². The number of anilines is 1. The maximum absolute atomic E-state index is 12.3. The molecule has 27 heavy (non-hydrogen) atoms. The lowest BCUT2D eigenvalue weighted by atomic mass is 10.4. The smallest absolute Gasteiger partial charge is 0.259 e. The average molecular weight is 390 g/mol. The van der Waals surface area contributed by atoms with Crippen molar-refractivity contribution in [1.82, 2.24) is 33.8 Å². The molecule has 144 valence electrons. The first-order valence-electron chi connectivity index (χ1n) is 8.46. The number of nitrogens with one attached hydrogen (secondary N) is 2. The molecular formula is C16H22N8O2S. The van der Waals surface area contributed by atoms with E-state index in [-0.39, 0.29) is 17.6 Å². The van der Waals surface area contributed by atoms with Gasteiger partial charge in [-0.05, 0) is 20.8 Å². The molecule has 0 aliphatic carbocycles. The molecular weight excluding hydrogens is 368 g/mol. The topological polar surface area (TPSA) is 120 Å². The predicted octanol–water partition coefficient (Wildman–Crippen LogP) is 1.14. The first-order chi connectivity index (χ1) is 12.9. The van der Waals surface area contributed by atoms with Crippen molar-refractivity contribution in [3.05, 3.63) is 43.1 Å².